The molecular formula is C27H22FN3O7. The van der Waals surface area contributed by atoms with E-state index in [2.05, 4.69) is 10.5 Å². The van der Waals surface area contributed by atoms with Gasteiger partial charge < -0.3 is 29.2 Å². The van der Waals surface area contributed by atoms with Crippen molar-refractivity contribution in [3.63, 3.8) is 0 Å². The summed E-state index contributed by atoms with van der Waals surface area (Å²) >= 11 is 0. The Morgan fingerprint density at radius 1 is 1.18 bits per heavy atom. The molecule has 1 atom stereocenters. The number of anilines is 1. The highest BCUT2D eigenvalue weighted by Crippen LogP contribution is 2.41. The van der Waals surface area contributed by atoms with Crippen molar-refractivity contribution in [3.8, 4) is 11.6 Å². The van der Waals surface area contributed by atoms with Gasteiger partial charge in [-0.2, -0.15) is 0 Å². The Bertz CT molecular complexity index is 1550. The van der Waals surface area contributed by atoms with Gasteiger partial charge in [0.15, 0.2) is 12.5 Å². The minimum Gasteiger partial charge on any atom is -0.493 e. The Kier molecular flexibility index (Phi) is 6.75. The molecule has 0 radical (unpaired) electrons. The van der Waals surface area contributed by atoms with Gasteiger partial charge in [-0.3, -0.25) is 9.59 Å². The highest BCUT2D eigenvalue weighted by Gasteiger charge is 2.26. The van der Waals surface area contributed by atoms with Crippen LogP contribution in [-0.4, -0.2) is 28.3 Å². The number of amides is 1. The summed E-state index contributed by atoms with van der Waals surface area (Å²) < 4.78 is 31.7. The van der Waals surface area contributed by atoms with Crippen molar-refractivity contribution in [2.45, 2.75) is 26.2 Å². The third-order valence-corrected chi connectivity index (χ3v) is 6.07. The molecule has 1 unspecified atom stereocenters. The highest BCUT2D eigenvalue weighted by molar-refractivity contribution is 6.01. The number of hydrogen-bond acceptors (Lipinski definition) is 8. The van der Waals surface area contributed by atoms with Crippen LogP contribution >= 0.6 is 0 Å². The first-order valence-electron chi connectivity index (χ1n) is 11.6. The molecule has 2 N–H and O–H groups in total. The van der Waals surface area contributed by atoms with Gasteiger partial charge in [0.2, 0.25) is 12.0 Å². The van der Waals surface area contributed by atoms with E-state index >= 15 is 0 Å². The summed E-state index contributed by atoms with van der Waals surface area (Å²) in [6, 6.07) is 15.7. The van der Waals surface area contributed by atoms with E-state index in [-0.39, 0.29) is 25.6 Å². The van der Waals surface area contributed by atoms with Crippen molar-refractivity contribution in [2.75, 3.05) is 12.1 Å². The third-order valence-electron chi connectivity index (χ3n) is 6.07. The molecular weight excluding hydrogens is 497 g/mol. The Hall–Kier alpha value is -4.77. The van der Waals surface area contributed by atoms with E-state index in [1.807, 2.05) is 0 Å². The van der Waals surface area contributed by atoms with Gasteiger partial charge in [-0.05, 0) is 35.5 Å². The van der Waals surface area contributed by atoms with E-state index in [0.29, 0.717) is 39.0 Å². The fourth-order valence-corrected chi connectivity index (χ4v) is 4.46. The number of rotatable bonds is 7. The van der Waals surface area contributed by atoms with Crippen LogP contribution in [0.3, 0.4) is 0 Å². The highest BCUT2D eigenvalue weighted by atomic mass is 19.1. The maximum atomic E-state index is 14.3. The van der Waals surface area contributed by atoms with E-state index < -0.39 is 29.7 Å². The molecule has 0 aliphatic carbocycles. The van der Waals surface area contributed by atoms with Crippen LogP contribution in [0.2, 0.25) is 0 Å². The van der Waals surface area contributed by atoms with Crippen molar-refractivity contribution in [1.82, 2.24) is 4.57 Å². The van der Waals surface area contributed by atoms with Crippen LogP contribution in [0.15, 0.2) is 65.8 Å². The third kappa shape index (κ3) is 4.78. The molecule has 2 heterocycles. The van der Waals surface area contributed by atoms with E-state index in [1.54, 1.807) is 30.3 Å². The first kappa shape index (κ1) is 24.9. The van der Waals surface area contributed by atoms with E-state index in [9.17, 15) is 24.0 Å². The summed E-state index contributed by atoms with van der Waals surface area (Å²) in [6.45, 7) is 1.31. The maximum absolute atomic E-state index is 14.3. The van der Waals surface area contributed by atoms with Crippen molar-refractivity contribution >= 4 is 34.2 Å². The average molecular weight is 519 g/mol. The number of esters is 1. The van der Waals surface area contributed by atoms with Crippen LogP contribution in [0.4, 0.5) is 15.8 Å². The van der Waals surface area contributed by atoms with Gasteiger partial charge in [0, 0.05) is 34.7 Å². The lowest BCUT2D eigenvalue weighted by Gasteiger charge is -2.21. The zero-order valence-corrected chi connectivity index (χ0v) is 20.1. The van der Waals surface area contributed by atoms with Crippen LogP contribution in [0, 0.1) is 10.7 Å². The van der Waals surface area contributed by atoms with Crippen LogP contribution in [-0.2, 0) is 32.2 Å². The number of aromatic hydroxyl groups is 1. The van der Waals surface area contributed by atoms with E-state index in [4.69, 9.17) is 14.2 Å². The number of nitrogens with one attached hydrogen (secondary N) is 1. The number of nitroso groups, excluding NO2 is 1. The van der Waals surface area contributed by atoms with Crippen LogP contribution in [0.5, 0.6) is 11.6 Å². The Morgan fingerprint density at radius 2 is 1.97 bits per heavy atom. The predicted molar refractivity (Wildman–Crippen MR) is 134 cm³/mol. The molecule has 11 heteroatoms. The summed E-state index contributed by atoms with van der Waals surface area (Å²) in [7, 11) is 0. The minimum absolute atomic E-state index is 0.00766. The second-order valence-electron chi connectivity index (χ2n) is 8.63. The largest absolute Gasteiger partial charge is 0.493 e. The molecule has 0 saturated carbocycles. The zero-order valence-electron chi connectivity index (χ0n) is 20.1. The lowest BCUT2D eigenvalue weighted by molar-refractivity contribution is -0.152. The molecule has 1 amide bonds. The number of carbonyl (C=O) groups is 2. The van der Waals surface area contributed by atoms with Crippen molar-refractivity contribution in [2.24, 2.45) is 5.18 Å². The molecule has 194 valence electrons. The topological polar surface area (TPSA) is 128 Å². The monoisotopic (exact) mass is 519 g/mol. The summed E-state index contributed by atoms with van der Waals surface area (Å²) in [4.78, 5) is 36.3. The van der Waals surface area contributed by atoms with Gasteiger partial charge in [-0.15, -0.1) is 4.91 Å². The molecule has 1 aliphatic heterocycles. The average Bonchev–Trinajstić information content (AvgIpc) is 3.17. The van der Waals surface area contributed by atoms with Crippen LogP contribution in [0.25, 0.3) is 10.9 Å². The van der Waals surface area contributed by atoms with Crippen molar-refractivity contribution < 1.29 is 33.3 Å². The molecule has 38 heavy (non-hydrogen) atoms. The number of benzene rings is 3. The van der Waals surface area contributed by atoms with Gasteiger partial charge in [0.25, 0.3) is 5.91 Å². The molecule has 10 nitrogen and oxygen atoms in total. The van der Waals surface area contributed by atoms with Gasteiger partial charge in [-0.25, -0.2) is 4.39 Å². The Balaban J connectivity index is 1.52. The quantitative estimate of drug-likeness (QED) is 0.259. The van der Waals surface area contributed by atoms with Crippen molar-refractivity contribution in [3.05, 3.63) is 88.1 Å². The number of ether oxygens (including phenoxy) is 3. The number of nitrogens with zero attached hydrogens (tertiary/aromatic N) is 2. The number of aromatic nitrogens is 1. The lowest BCUT2D eigenvalue weighted by Crippen LogP contribution is -2.25. The molecule has 1 aromatic heterocycles. The van der Waals surface area contributed by atoms with Crippen LogP contribution < -0.4 is 10.1 Å². The first-order valence-corrected chi connectivity index (χ1v) is 11.6. The van der Waals surface area contributed by atoms with Gasteiger partial charge >= 0.3 is 5.97 Å². The number of halogens is 1. The molecule has 0 bridgehead atoms. The first-order chi connectivity index (χ1) is 18.4. The maximum Gasteiger partial charge on any atom is 0.303 e. The van der Waals surface area contributed by atoms with Gasteiger partial charge in [0.05, 0.1) is 18.7 Å². The molecule has 4 aromatic rings. The predicted octanol–water partition coefficient (Wildman–Crippen LogP) is 5.04. The van der Waals surface area contributed by atoms with Crippen molar-refractivity contribution in [1.29, 1.82) is 0 Å². The second-order valence-corrected chi connectivity index (χ2v) is 8.63. The minimum atomic E-state index is -1.20. The summed E-state index contributed by atoms with van der Waals surface area (Å²) in [5, 5.41) is 16.8. The normalized spacial score (nSPS) is 13.3. The summed E-state index contributed by atoms with van der Waals surface area (Å²) in [5.74, 6) is -1.74. The number of fused-ring (bicyclic) bond motifs is 2. The molecule has 3 aromatic carbocycles. The van der Waals surface area contributed by atoms with Crippen LogP contribution in [0.1, 0.15) is 29.7 Å². The standard InChI is InChI=1S/C27H22FN3O7/c1-15(32)38-25(16-5-3-2-4-6-16)26(33)29-20-7-8-21-22(11-20)31(27(34)23(21)30-35)12-17-9-19(28)10-18-13-36-14-37-24(17)18/h2-11,25,34H,12-14H2,1H3,(H,29,33). The molecule has 0 fully saturated rings. The Morgan fingerprint density at radius 3 is 2.71 bits per heavy atom. The second kappa shape index (κ2) is 10.3. The molecule has 5 rings (SSSR count). The molecule has 0 saturated heterocycles. The SMILES string of the molecule is CC(=O)OC(C(=O)Nc1ccc2c(N=O)c(O)n(Cc3cc(F)cc4c3OCOC4)c2c1)c1ccccc1. The van der Waals surface area contributed by atoms with Gasteiger partial charge in [0.1, 0.15) is 11.6 Å². The number of hydrogen-bond donors (Lipinski definition) is 2. The van der Waals surface area contributed by atoms with Gasteiger partial charge in [-0.1, -0.05) is 30.3 Å². The summed E-state index contributed by atoms with van der Waals surface area (Å²) in [6.07, 6.45) is -1.20. The lowest BCUT2D eigenvalue weighted by atomic mass is 10.1. The number of carbonyl (C=O) groups excluding carboxylic acids is 2. The van der Waals surface area contributed by atoms with E-state index in [0.717, 1.165) is 0 Å². The van der Waals surface area contributed by atoms with E-state index in [1.165, 1.54) is 41.8 Å². The Labute approximate surface area is 215 Å². The summed E-state index contributed by atoms with van der Waals surface area (Å²) in [5.41, 5.74) is 1.87. The fourth-order valence-electron chi connectivity index (χ4n) is 4.46. The smallest absolute Gasteiger partial charge is 0.303 e. The molecule has 0 spiro atoms. The fraction of sp³-hybridized carbons (Fsp3) is 0.185. The molecule has 1 aliphatic rings. The zero-order chi connectivity index (χ0) is 26.8.